The van der Waals surface area contributed by atoms with Crippen molar-refractivity contribution in [2.24, 2.45) is 5.41 Å². The van der Waals surface area contributed by atoms with Crippen LogP contribution in [0.2, 0.25) is 0 Å². The standard InChI is InChI=1S/C19H22N4O2/c1-12(19(2,3)4)21-15-16(18(25)17(15)24)22-13-5-7-14(8-6-13)23-10-9-20-11-23/h5-12,21-22H,1-4H3. The minimum atomic E-state index is -0.484. The number of rotatable bonds is 5. The fourth-order valence-corrected chi connectivity index (χ4v) is 2.35. The Labute approximate surface area is 146 Å². The topological polar surface area (TPSA) is 76.0 Å². The lowest BCUT2D eigenvalue weighted by Gasteiger charge is -2.30. The lowest BCUT2D eigenvalue weighted by atomic mass is 9.87. The first kappa shape index (κ1) is 17.0. The zero-order chi connectivity index (χ0) is 18.2. The van der Waals surface area contributed by atoms with E-state index in [0.29, 0.717) is 11.4 Å². The van der Waals surface area contributed by atoms with Crippen molar-refractivity contribution in [1.29, 1.82) is 0 Å². The van der Waals surface area contributed by atoms with E-state index >= 15 is 0 Å². The number of benzene rings is 1. The third-order valence-electron chi connectivity index (χ3n) is 4.51. The Morgan fingerprint density at radius 3 is 2.24 bits per heavy atom. The lowest BCUT2D eigenvalue weighted by molar-refractivity contribution is 0.359. The highest BCUT2D eigenvalue weighted by atomic mass is 16.2. The first-order valence-electron chi connectivity index (χ1n) is 8.22. The van der Waals surface area contributed by atoms with Crippen LogP contribution in [0.5, 0.6) is 0 Å². The quantitative estimate of drug-likeness (QED) is 0.699. The van der Waals surface area contributed by atoms with Crippen LogP contribution in [0.25, 0.3) is 5.69 Å². The second-order valence-electron chi connectivity index (χ2n) is 7.28. The molecule has 0 spiro atoms. The van der Waals surface area contributed by atoms with Gasteiger partial charge in [0.15, 0.2) is 0 Å². The number of aromatic nitrogens is 2. The summed E-state index contributed by atoms with van der Waals surface area (Å²) < 4.78 is 1.89. The van der Waals surface area contributed by atoms with Crippen LogP contribution in [0.4, 0.5) is 17.1 Å². The van der Waals surface area contributed by atoms with Crippen molar-refractivity contribution in [2.75, 3.05) is 10.6 Å². The van der Waals surface area contributed by atoms with E-state index in [2.05, 4.69) is 36.4 Å². The molecule has 0 aliphatic heterocycles. The van der Waals surface area contributed by atoms with Gasteiger partial charge in [-0.1, -0.05) is 20.8 Å². The summed E-state index contributed by atoms with van der Waals surface area (Å²) in [6.07, 6.45) is 5.29. The van der Waals surface area contributed by atoms with Gasteiger partial charge in [-0.15, -0.1) is 0 Å². The van der Waals surface area contributed by atoms with Crippen LogP contribution in [0.1, 0.15) is 27.7 Å². The molecule has 0 fully saturated rings. The van der Waals surface area contributed by atoms with E-state index in [4.69, 9.17) is 0 Å². The second kappa shape index (κ2) is 6.20. The van der Waals surface area contributed by atoms with E-state index in [1.807, 2.05) is 42.0 Å². The van der Waals surface area contributed by atoms with Gasteiger partial charge in [0, 0.05) is 29.8 Å². The Morgan fingerprint density at radius 2 is 1.68 bits per heavy atom. The molecule has 3 rings (SSSR count). The van der Waals surface area contributed by atoms with Crippen LogP contribution in [0.15, 0.2) is 52.6 Å². The molecule has 1 unspecified atom stereocenters. The van der Waals surface area contributed by atoms with Gasteiger partial charge in [-0.05, 0) is 36.6 Å². The van der Waals surface area contributed by atoms with Crippen molar-refractivity contribution in [3.63, 3.8) is 0 Å². The highest BCUT2D eigenvalue weighted by Gasteiger charge is 2.26. The van der Waals surface area contributed by atoms with Crippen LogP contribution in [-0.2, 0) is 0 Å². The summed E-state index contributed by atoms with van der Waals surface area (Å²) in [4.78, 5) is 27.9. The Kier molecular flexibility index (Phi) is 4.20. The molecule has 6 nitrogen and oxygen atoms in total. The first-order chi connectivity index (χ1) is 11.8. The van der Waals surface area contributed by atoms with Crippen LogP contribution in [0, 0.1) is 5.41 Å². The summed E-state index contributed by atoms with van der Waals surface area (Å²) in [5.74, 6) is 0. The van der Waals surface area contributed by atoms with Crippen LogP contribution < -0.4 is 21.5 Å². The highest BCUT2D eigenvalue weighted by Crippen LogP contribution is 2.26. The number of nitrogens with one attached hydrogen (secondary N) is 2. The average Bonchev–Trinajstić information content (AvgIpc) is 3.11. The molecule has 0 radical (unpaired) electrons. The van der Waals surface area contributed by atoms with Crippen molar-refractivity contribution >= 4 is 17.1 Å². The fraction of sp³-hybridized carbons (Fsp3) is 0.316. The summed E-state index contributed by atoms with van der Waals surface area (Å²) in [7, 11) is 0. The predicted octanol–water partition coefficient (Wildman–Crippen LogP) is 3.06. The molecule has 0 saturated heterocycles. The molecule has 2 aromatic carbocycles. The summed E-state index contributed by atoms with van der Waals surface area (Å²) >= 11 is 0. The number of imidazole rings is 1. The number of nitrogens with zero attached hydrogens (tertiary/aromatic N) is 2. The molecular formula is C19H22N4O2. The Bertz CT molecular complexity index is 928. The summed E-state index contributed by atoms with van der Waals surface area (Å²) in [6, 6.07) is 7.62. The molecule has 0 bridgehead atoms. The number of hydrogen-bond donors (Lipinski definition) is 2. The van der Waals surface area contributed by atoms with Crippen molar-refractivity contribution in [3.05, 3.63) is 63.4 Å². The molecule has 1 atom stereocenters. The summed E-state index contributed by atoms with van der Waals surface area (Å²) in [6.45, 7) is 8.25. The largest absolute Gasteiger partial charge is 0.377 e. The van der Waals surface area contributed by atoms with Crippen molar-refractivity contribution in [2.45, 2.75) is 33.7 Å². The average molecular weight is 338 g/mol. The molecule has 6 heteroatoms. The van der Waals surface area contributed by atoms with Crippen molar-refractivity contribution in [3.8, 4) is 5.69 Å². The SMILES string of the molecule is CC(Nc1c(Nc2ccc(-n3ccnc3)cc2)c(=O)c1=O)C(C)(C)C. The third-order valence-corrected chi connectivity index (χ3v) is 4.51. The van der Waals surface area contributed by atoms with E-state index in [1.54, 1.807) is 12.5 Å². The zero-order valence-corrected chi connectivity index (χ0v) is 14.8. The normalized spacial score (nSPS) is 13.0. The first-order valence-corrected chi connectivity index (χ1v) is 8.22. The van der Waals surface area contributed by atoms with Gasteiger partial charge >= 0.3 is 0 Å². The third kappa shape index (κ3) is 3.33. The van der Waals surface area contributed by atoms with Crippen LogP contribution in [-0.4, -0.2) is 15.6 Å². The van der Waals surface area contributed by atoms with Gasteiger partial charge < -0.3 is 15.2 Å². The smallest absolute Gasteiger partial charge is 0.253 e. The predicted molar refractivity (Wildman–Crippen MR) is 101 cm³/mol. The van der Waals surface area contributed by atoms with E-state index in [0.717, 1.165) is 11.4 Å². The molecule has 0 aliphatic carbocycles. The van der Waals surface area contributed by atoms with Gasteiger partial charge in [0.1, 0.15) is 11.4 Å². The van der Waals surface area contributed by atoms with Gasteiger partial charge in [-0.25, -0.2) is 4.98 Å². The highest BCUT2D eigenvalue weighted by molar-refractivity contribution is 5.79. The van der Waals surface area contributed by atoms with Gasteiger partial charge in [0.25, 0.3) is 10.9 Å². The van der Waals surface area contributed by atoms with E-state index in [9.17, 15) is 9.59 Å². The lowest BCUT2D eigenvalue weighted by Crippen LogP contribution is -2.41. The number of hydrogen-bond acceptors (Lipinski definition) is 5. The van der Waals surface area contributed by atoms with Crippen molar-refractivity contribution in [1.82, 2.24) is 9.55 Å². The minimum Gasteiger partial charge on any atom is -0.377 e. The van der Waals surface area contributed by atoms with Gasteiger partial charge in [0.2, 0.25) is 0 Å². The molecule has 2 N–H and O–H groups in total. The molecule has 1 aromatic heterocycles. The number of anilines is 3. The Hall–Kier alpha value is -2.89. The van der Waals surface area contributed by atoms with Crippen LogP contribution in [0.3, 0.4) is 0 Å². The molecule has 0 aliphatic rings. The molecule has 0 saturated carbocycles. The Balaban J connectivity index is 1.79. The maximum atomic E-state index is 11.9. The van der Waals surface area contributed by atoms with E-state index < -0.39 is 10.9 Å². The maximum absolute atomic E-state index is 11.9. The van der Waals surface area contributed by atoms with Crippen LogP contribution >= 0.6 is 0 Å². The molecular weight excluding hydrogens is 316 g/mol. The molecule has 3 aromatic rings. The maximum Gasteiger partial charge on any atom is 0.253 e. The summed E-state index contributed by atoms with van der Waals surface area (Å²) in [5, 5.41) is 6.23. The zero-order valence-electron chi connectivity index (χ0n) is 14.8. The van der Waals surface area contributed by atoms with Gasteiger partial charge in [0.05, 0.1) is 6.33 Å². The Morgan fingerprint density at radius 1 is 1.04 bits per heavy atom. The monoisotopic (exact) mass is 338 g/mol. The molecule has 1 heterocycles. The molecule has 130 valence electrons. The second-order valence-corrected chi connectivity index (χ2v) is 7.28. The van der Waals surface area contributed by atoms with E-state index in [1.165, 1.54) is 0 Å². The van der Waals surface area contributed by atoms with Gasteiger partial charge in [-0.2, -0.15) is 0 Å². The van der Waals surface area contributed by atoms with Crippen molar-refractivity contribution < 1.29 is 0 Å². The molecule has 0 amide bonds. The summed E-state index contributed by atoms with van der Waals surface area (Å²) in [5.41, 5.74) is 1.44. The van der Waals surface area contributed by atoms with E-state index in [-0.39, 0.29) is 11.5 Å². The molecule has 25 heavy (non-hydrogen) atoms. The van der Waals surface area contributed by atoms with Gasteiger partial charge in [-0.3, -0.25) is 9.59 Å². The fourth-order valence-electron chi connectivity index (χ4n) is 2.35. The minimum absolute atomic E-state index is 0.0243.